The molecular formula is C14H13BrO2. The maximum absolute atomic E-state index is 9.28. The normalized spacial score (nSPS) is 10.2. The van der Waals surface area contributed by atoms with E-state index in [2.05, 4.69) is 15.9 Å². The Morgan fingerprint density at radius 1 is 1.12 bits per heavy atom. The largest absolute Gasteiger partial charge is 0.508 e. The molecule has 0 atom stereocenters. The maximum Gasteiger partial charge on any atom is 0.119 e. The Labute approximate surface area is 109 Å². The summed E-state index contributed by atoms with van der Waals surface area (Å²) in [4.78, 5) is 0. The van der Waals surface area contributed by atoms with E-state index in [0.29, 0.717) is 6.61 Å². The van der Waals surface area contributed by atoms with Crippen LogP contribution >= 0.6 is 15.9 Å². The Morgan fingerprint density at radius 3 is 2.47 bits per heavy atom. The third kappa shape index (κ3) is 3.24. The Morgan fingerprint density at radius 2 is 1.82 bits per heavy atom. The molecule has 0 heterocycles. The van der Waals surface area contributed by atoms with Crippen molar-refractivity contribution < 1.29 is 9.84 Å². The Hall–Kier alpha value is -1.48. The molecule has 17 heavy (non-hydrogen) atoms. The standard InChI is InChI=1S/C14H13BrO2/c1-10-2-6-13(7-3-10)17-9-11-4-5-12(16)8-14(11)15/h2-8,16H,9H2,1H3. The quantitative estimate of drug-likeness (QED) is 0.925. The van der Waals surface area contributed by atoms with E-state index in [-0.39, 0.29) is 5.75 Å². The summed E-state index contributed by atoms with van der Waals surface area (Å²) in [5, 5.41) is 9.28. The third-order valence-electron chi connectivity index (χ3n) is 2.45. The predicted octanol–water partition coefficient (Wildman–Crippen LogP) is 4.04. The van der Waals surface area contributed by atoms with Gasteiger partial charge in [0.1, 0.15) is 18.1 Å². The minimum absolute atomic E-state index is 0.246. The number of rotatable bonds is 3. The lowest BCUT2D eigenvalue weighted by Crippen LogP contribution is -1.96. The highest BCUT2D eigenvalue weighted by atomic mass is 79.9. The summed E-state index contributed by atoms with van der Waals surface area (Å²) in [6.45, 7) is 2.52. The van der Waals surface area contributed by atoms with Crippen LogP contribution in [0.4, 0.5) is 0 Å². The number of phenols is 1. The average molecular weight is 293 g/mol. The Bertz CT molecular complexity index is 506. The summed E-state index contributed by atoms with van der Waals surface area (Å²) < 4.78 is 6.51. The number of halogens is 1. The van der Waals surface area contributed by atoms with E-state index in [4.69, 9.17) is 4.74 Å². The van der Waals surface area contributed by atoms with Gasteiger partial charge in [-0.05, 0) is 31.2 Å². The molecule has 2 nitrogen and oxygen atoms in total. The first-order chi connectivity index (χ1) is 8.15. The van der Waals surface area contributed by atoms with Gasteiger partial charge in [-0.1, -0.05) is 39.7 Å². The maximum atomic E-state index is 9.28. The van der Waals surface area contributed by atoms with Crippen LogP contribution in [0.1, 0.15) is 11.1 Å². The Kier molecular flexibility index (Phi) is 3.69. The van der Waals surface area contributed by atoms with E-state index in [9.17, 15) is 5.11 Å². The Balaban J connectivity index is 2.04. The van der Waals surface area contributed by atoms with Crippen LogP contribution in [0.5, 0.6) is 11.5 Å². The molecule has 0 aliphatic carbocycles. The third-order valence-corrected chi connectivity index (χ3v) is 3.19. The van der Waals surface area contributed by atoms with Gasteiger partial charge in [-0.3, -0.25) is 0 Å². The second-order valence-electron chi connectivity index (χ2n) is 3.88. The SMILES string of the molecule is Cc1ccc(OCc2ccc(O)cc2Br)cc1. The van der Waals surface area contributed by atoms with Crippen molar-refractivity contribution in [3.63, 3.8) is 0 Å². The van der Waals surface area contributed by atoms with Crippen molar-refractivity contribution in [3.05, 3.63) is 58.1 Å². The number of benzene rings is 2. The first-order valence-corrected chi connectivity index (χ1v) is 6.11. The van der Waals surface area contributed by atoms with E-state index in [1.54, 1.807) is 12.1 Å². The highest BCUT2D eigenvalue weighted by Crippen LogP contribution is 2.23. The first kappa shape index (κ1) is 12.0. The molecule has 0 aliphatic rings. The minimum Gasteiger partial charge on any atom is -0.508 e. The van der Waals surface area contributed by atoms with Gasteiger partial charge in [-0.25, -0.2) is 0 Å². The molecule has 0 aliphatic heterocycles. The van der Waals surface area contributed by atoms with Gasteiger partial charge in [0.2, 0.25) is 0 Å². The number of phenolic OH excluding ortho intramolecular Hbond substituents is 1. The van der Waals surface area contributed by atoms with Crippen LogP contribution in [0.2, 0.25) is 0 Å². The number of ether oxygens (including phenoxy) is 1. The van der Waals surface area contributed by atoms with E-state index < -0.39 is 0 Å². The molecule has 2 aromatic carbocycles. The predicted molar refractivity (Wildman–Crippen MR) is 71.3 cm³/mol. The van der Waals surface area contributed by atoms with Gasteiger partial charge in [-0.2, -0.15) is 0 Å². The van der Waals surface area contributed by atoms with Crippen LogP contribution in [0.3, 0.4) is 0 Å². The van der Waals surface area contributed by atoms with Crippen molar-refractivity contribution in [2.75, 3.05) is 0 Å². The molecule has 1 N–H and O–H groups in total. The lowest BCUT2D eigenvalue weighted by molar-refractivity contribution is 0.305. The second kappa shape index (κ2) is 5.23. The highest BCUT2D eigenvalue weighted by Gasteiger charge is 2.02. The summed E-state index contributed by atoms with van der Waals surface area (Å²) in [6.07, 6.45) is 0. The van der Waals surface area contributed by atoms with Crippen LogP contribution in [-0.4, -0.2) is 5.11 Å². The molecule has 2 rings (SSSR count). The van der Waals surface area contributed by atoms with Crippen molar-refractivity contribution in [1.29, 1.82) is 0 Å². The van der Waals surface area contributed by atoms with Gasteiger partial charge in [0.25, 0.3) is 0 Å². The fourth-order valence-corrected chi connectivity index (χ4v) is 1.93. The van der Waals surface area contributed by atoms with Crippen LogP contribution in [0.25, 0.3) is 0 Å². The van der Waals surface area contributed by atoms with Gasteiger partial charge in [0.05, 0.1) is 0 Å². The topological polar surface area (TPSA) is 29.5 Å². The summed E-state index contributed by atoms with van der Waals surface area (Å²) >= 11 is 3.39. The first-order valence-electron chi connectivity index (χ1n) is 5.32. The van der Waals surface area contributed by atoms with Crippen LogP contribution < -0.4 is 4.74 Å². The van der Waals surface area contributed by atoms with Crippen LogP contribution in [-0.2, 0) is 6.61 Å². The van der Waals surface area contributed by atoms with Crippen LogP contribution in [0.15, 0.2) is 46.9 Å². The minimum atomic E-state index is 0.246. The molecule has 2 aromatic rings. The lowest BCUT2D eigenvalue weighted by atomic mass is 10.2. The summed E-state index contributed by atoms with van der Waals surface area (Å²) in [5.41, 5.74) is 2.21. The lowest BCUT2D eigenvalue weighted by Gasteiger charge is -2.08. The second-order valence-corrected chi connectivity index (χ2v) is 4.73. The number of hydrogen-bond acceptors (Lipinski definition) is 2. The van der Waals surface area contributed by atoms with Crippen molar-refractivity contribution in [2.45, 2.75) is 13.5 Å². The van der Waals surface area contributed by atoms with Gasteiger partial charge >= 0.3 is 0 Å². The van der Waals surface area contributed by atoms with Crippen LogP contribution in [0, 0.1) is 6.92 Å². The summed E-state index contributed by atoms with van der Waals surface area (Å²) in [5.74, 6) is 1.09. The molecule has 0 saturated heterocycles. The summed E-state index contributed by atoms with van der Waals surface area (Å²) in [7, 11) is 0. The number of aromatic hydroxyl groups is 1. The van der Waals surface area contributed by atoms with Gasteiger partial charge < -0.3 is 9.84 Å². The van der Waals surface area contributed by atoms with Crippen molar-refractivity contribution in [3.8, 4) is 11.5 Å². The molecule has 0 fully saturated rings. The van der Waals surface area contributed by atoms with Crippen molar-refractivity contribution >= 4 is 15.9 Å². The molecule has 88 valence electrons. The fraction of sp³-hybridized carbons (Fsp3) is 0.143. The molecule has 0 amide bonds. The molecule has 0 radical (unpaired) electrons. The summed E-state index contributed by atoms with van der Waals surface area (Å²) in [6, 6.07) is 13.1. The highest BCUT2D eigenvalue weighted by molar-refractivity contribution is 9.10. The van der Waals surface area contributed by atoms with E-state index >= 15 is 0 Å². The zero-order valence-electron chi connectivity index (χ0n) is 9.48. The van der Waals surface area contributed by atoms with Crippen molar-refractivity contribution in [2.24, 2.45) is 0 Å². The van der Waals surface area contributed by atoms with Gasteiger partial charge in [0.15, 0.2) is 0 Å². The van der Waals surface area contributed by atoms with E-state index in [1.165, 1.54) is 5.56 Å². The molecule has 0 bridgehead atoms. The van der Waals surface area contributed by atoms with E-state index in [1.807, 2.05) is 37.3 Å². The average Bonchev–Trinajstić information content (AvgIpc) is 2.30. The molecule has 0 saturated carbocycles. The van der Waals surface area contributed by atoms with Gasteiger partial charge in [-0.15, -0.1) is 0 Å². The smallest absolute Gasteiger partial charge is 0.119 e. The molecular weight excluding hydrogens is 280 g/mol. The monoisotopic (exact) mass is 292 g/mol. The molecule has 3 heteroatoms. The van der Waals surface area contributed by atoms with Gasteiger partial charge in [0, 0.05) is 10.0 Å². The number of aryl methyl sites for hydroxylation is 1. The zero-order valence-corrected chi connectivity index (χ0v) is 11.1. The molecule has 0 unspecified atom stereocenters. The number of hydrogen-bond donors (Lipinski definition) is 1. The van der Waals surface area contributed by atoms with Crippen molar-refractivity contribution in [1.82, 2.24) is 0 Å². The molecule has 0 aromatic heterocycles. The molecule has 0 spiro atoms. The van der Waals surface area contributed by atoms with E-state index in [0.717, 1.165) is 15.8 Å². The zero-order chi connectivity index (χ0) is 12.3. The fourth-order valence-electron chi connectivity index (χ4n) is 1.45.